The lowest BCUT2D eigenvalue weighted by Crippen LogP contribution is -2.31. The summed E-state index contributed by atoms with van der Waals surface area (Å²) in [6.07, 6.45) is 0. The molecule has 0 fully saturated rings. The molecule has 0 aliphatic carbocycles. The smallest absolute Gasteiger partial charge is 0.258 e. The highest BCUT2D eigenvalue weighted by molar-refractivity contribution is 7.89. The first kappa shape index (κ1) is 19.1. The standard InChI is InChI=1S/C18H21FN2O3S/c1-4-21(5-2)25(23,24)15-10-11-17(19)16(12-15)18(22)20-14-8-6-13(3)7-9-14/h6-12H,4-5H2,1-3H3,(H,20,22). The maximum atomic E-state index is 14.1. The van der Waals surface area contributed by atoms with Crippen LogP contribution >= 0.6 is 0 Å². The molecule has 0 atom stereocenters. The quantitative estimate of drug-likeness (QED) is 0.854. The molecule has 2 rings (SSSR count). The molecule has 0 aromatic heterocycles. The van der Waals surface area contributed by atoms with Crippen molar-refractivity contribution >= 4 is 21.6 Å². The SMILES string of the molecule is CCN(CC)S(=O)(=O)c1ccc(F)c(C(=O)Nc2ccc(C)cc2)c1. The van der Waals surface area contributed by atoms with Gasteiger partial charge in [-0.1, -0.05) is 31.5 Å². The molecule has 2 aromatic carbocycles. The van der Waals surface area contributed by atoms with Crippen LogP contribution in [0.1, 0.15) is 29.8 Å². The summed E-state index contributed by atoms with van der Waals surface area (Å²) in [5, 5.41) is 2.57. The second-order valence-electron chi connectivity index (χ2n) is 5.55. The number of amides is 1. The number of aryl methyl sites for hydroxylation is 1. The number of nitrogens with one attached hydrogen (secondary N) is 1. The Labute approximate surface area is 147 Å². The van der Waals surface area contributed by atoms with E-state index in [0.29, 0.717) is 18.8 Å². The number of hydrogen-bond acceptors (Lipinski definition) is 3. The summed E-state index contributed by atoms with van der Waals surface area (Å²) < 4.78 is 40.4. The zero-order valence-electron chi connectivity index (χ0n) is 14.4. The molecule has 7 heteroatoms. The van der Waals surface area contributed by atoms with Gasteiger partial charge >= 0.3 is 0 Å². The number of hydrogen-bond donors (Lipinski definition) is 1. The molecule has 0 saturated heterocycles. The van der Waals surface area contributed by atoms with Crippen LogP contribution in [0.5, 0.6) is 0 Å². The first-order chi connectivity index (χ1) is 11.8. The summed E-state index contributed by atoms with van der Waals surface area (Å²) in [6, 6.07) is 10.3. The fraction of sp³-hybridized carbons (Fsp3) is 0.278. The van der Waals surface area contributed by atoms with Crippen molar-refractivity contribution < 1.29 is 17.6 Å². The highest BCUT2D eigenvalue weighted by atomic mass is 32.2. The average molecular weight is 364 g/mol. The number of halogens is 1. The van der Waals surface area contributed by atoms with Gasteiger partial charge in [0.15, 0.2) is 0 Å². The molecule has 134 valence electrons. The van der Waals surface area contributed by atoms with E-state index in [0.717, 1.165) is 17.7 Å². The molecular weight excluding hydrogens is 343 g/mol. The topological polar surface area (TPSA) is 66.5 Å². The van der Waals surface area contributed by atoms with Crippen molar-refractivity contribution in [1.82, 2.24) is 4.31 Å². The van der Waals surface area contributed by atoms with Crippen molar-refractivity contribution in [2.45, 2.75) is 25.7 Å². The van der Waals surface area contributed by atoms with Gasteiger partial charge in [-0.2, -0.15) is 4.31 Å². The van der Waals surface area contributed by atoms with Crippen molar-refractivity contribution in [3.05, 3.63) is 59.4 Å². The van der Waals surface area contributed by atoms with Crippen LogP contribution in [0.15, 0.2) is 47.4 Å². The molecule has 5 nitrogen and oxygen atoms in total. The fourth-order valence-corrected chi connectivity index (χ4v) is 3.87. The minimum atomic E-state index is -3.77. The minimum absolute atomic E-state index is 0.105. The zero-order valence-corrected chi connectivity index (χ0v) is 15.2. The molecule has 0 unspecified atom stereocenters. The maximum absolute atomic E-state index is 14.1. The lowest BCUT2D eigenvalue weighted by molar-refractivity contribution is 0.102. The van der Waals surface area contributed by atoms with E-state index in [2.05, 4.69) is 5.32 Å². The van der Waals surface area contributed by atoms with Gasteiger partial charge in [0.1, 0.15) is 5.82 Å². The van der Waals surface area contributed by atoms with Crippen LogP contribution in [0, 0.1) is 12.7 Å². The summed E-state index contributed by atoms with van der Waals surface area (Å²) in [4.78, 5) is 12.2. The van der Waals surface area contributed by atoms with Crippen LogP contribution in [-0.2, 0) is 10.0 Å². The van der Waals surface area contributed by atoms with Crippen molar-refractivity contribution in [2.24, 2.45) is 0 Å². The molecular formula is C18H21FN2O3S. The Bertz CT molecular complexity index is 860. The third-order valence-electron chi connectivity index (χ3n) is 3.84. The third-order valence-corrected chi connectivity index (χ3v) is 5.88. The lowest BCUT2D eigenvalue weighted by Gasteiger charge is -2.19. The van der Waals surface area contributed by atoms with Gasteiger partial charge in [-0.3, -0.25) is 4.79 Å². The van der Waals surface area contributed by atoms with Crippen molar-refractivity contribution in [1.29, 1.82) is 0 Å². The van der Waals surface area contributed by atoms with E-state index in [-0.39, 0.29) is 10.5 Å². The molecule has 0 saturated carbocycles. The first-order valence-corrected chi connectivity index (χ1v) is 9.41. The second kappa shape index (κ2) is 7.76. The van der Waals surface area contributed by atoms with E-state index >= 15 is 0 Å². The molecule has 1 N–H and O–H groups in total. The molecule has 0 spiro atoms. The summed E-state index contributed by atoms with van der Waals surface area (Å²) in [6.45, 7) is 5.93. The number of carbonyl (C=O) groups excluding carboxylic acids is 1. The Morgan fingerprint density at radius 3 is 2.24 bits per heavy atom. The average Bonchev–Trinajstić information content (AvgIpc) is 2.58. The van der Waals surface area contributed by atoms with Crippen molar-refractivity contribution in [2.75, 3.05) is 18.4 Å². The number of nitrogens with zero attached hydrogens (tertiary/aromatic N) is 1. The fourth-order valence-electron chi connectivity index (χ4n) is 2.39. The van der Waals surface area contributed by atoms with E-state index in [1.807, 2.05) is 19.1 Å². The maximum Gasteiger partial charge on any atom is 0.258 e. The predicted molar refractivity (Wildman–Crippen MR) is 95.6 cm³/mol. The molecule has 0 radical (unpaired) electrons. The largest absolute Gasteiger partial charge is 0.322 e. The summed E-state index contributed by atoms with van der Waals surface area (Å²) in [7, 11) is -3.77. The Kier molecular flexibility index (Phi) is 5.92. The molecule has 25 heavy (non-hydrogen) atoms. The predicted octanol–water partition coefficient (Wildman–Crippen LogP) is 3.42. The van der Waals surface area contributed by atoms with E-state index in [4.69, 9.17) is 0 Å². The van der Waals surface area contributed by atoms with Crippen molar-refractivity contribution in [3.63, 3.8) is 0 Å². The van der Waals surface area contributed by atoms with Gasteiger partial charge < -0.3 is 5.32 Å². The third kappa shape index (κ3) is 4.24. The summed E-state index contributed by atoms with van der Waals surface area (Å²) in [5.74, 6) is -1.47. The van der Waals surface area contributed by atoms with Gasteiger partial charge in [0.25, 0.3) is 5.91 Å². The molecule has 1 amide bonds. The number of carbonyl (C=O) groups is 1. The van der Waals surface area contributed by atoms with Gasteiger partial charge in [-0.25, -0.2) is 12.8 Å². The Balaban J connectivity index is 2.35. The Morgan fingerprint density at radius 2 is 1.68 bits per heavy atom. The van der Waals surface area contributed by atoms with Crippen LogP contribution in [0.25, 0.3) is 0 Å². The molecule has 0 aliphatic heterocycles. The normalized spacial score (nSPS) is 11.6. The summed E-state index contributed by atoms with van der Waals surface area (Å²) >= 11 is 0. The molecule has 0 bridgehead atoms. The molecule has 2 aromatic rings. The first-order valence-electron chi connectivity index (χ1n) is 7.97. The minimum Gasteiger partial charge on any atom is -0.322 e. The molecule has 0 aliphatic rings. The van der Waals surface area contributed by atoms with Crippen LogP contribution in [0.2, 0.25) is 0 Å². The van der Waals surface area contributed by atoms with Gasteiger partial charge in [0.2, 0.25) is 10.0 Å². The Hall–Kier alpha value is -2.25. The number of anilines is 1. The number of benzene rings is 2. The van der Waals surface area contributed by atoms with Crippen LogP contribution in [0.4, 0.5) is 10.1 Å². The second-order valence-corrected chi connectivity index (χ2v) is 7.49. The number of sulfonamides is 1. The van der Waals surface area contributed by atoms with Gasteiger partial charge in [0, 0.05) is 18.8 Å². The van der Waals surface area contributed by atoms with E-state index in [1.165, 1.54) is 10.4 Å². The van der Waals surface area contributed by atoms with Crippen LogP contribution < -0.4 is 5.32 Å². The van der Waals surface area contributed by atoms with E-state index in [1.54, 1.807) is 26.0 Å². The summed E-state index contributed by atoms with van der Waals surface area (Å²) in [5.41, 5.74) is 1.22. The number of rotatable bonds is 6. The van der Waals surface area contributed by atoms with Gasteiger partial charge in [0.05, 0.1) is 10.5 Å². The van der Waals surface area contributed by atoms with E-state index < -0.39 is 21.7 Å². The zero-order chi connectivity index (χ0) is 18.6. The highest BCUT2D eigenvalue weighted by Crippen LogP contribution is 2.20. The lowest BCUT2D eigenvalue weighted by atomic mass is 10.2. The van der Waals surface area contributed by atoms with Crippen molar-refractivity contribution in [3.8, 4) is 0 Å². The van der Waals surface area contributed by atoms with Crippen LogP contribution in [-0.4, -0.2) is 31.7 Å². The monoisotopic (exact) mass is 364 g/mol. The molecule has 0 heterocycles. The van der Waals surface area contributed by atoms with Gasteiger partial charge in [-0.05, 0) is 37.3 Å². The van der Waals surface area contributed by atoms with Gasteiger partial charge in [-0.15, -0.1) is 0 Å². The van der Waals surface area contributed by atoms with E-state index in [9.17, 15) is 17.6 Å². The van der Waals surface area contributed by atoms with Crippen LogP contribution in [0.3, 0.4) is 0 Å². The Morgan fingerprint density at radius 1 is 1.08 bits per heavy atom. The highest BCUT2D eigenvalue weighted by Gasteiger charge is 2.24.